The van der Waals surface area contributed by atoms with Gasteiger partial charge >= 0.3 is 0 Å². The fourth-order valence-corrected chi connectivity index (χ4v) is 5.13. The molecule has 4 rings (SSSR count). The highest BCUT2D eigenvalue weighted by Crippen LogP contribution is 2.33. The van der Waals surface area contributed by atoms with Crippen LogP contribution in [0.2, 0.25) is 0 Å². The number of aryl methyl sites for hydroxylation is 1. The number of ether oxygens (including phenoxy) is 2. The number of sulfonamides is 1. The molecule has 7 heteroatoms. The number of nitrogens with one attached hydrogen (secondary N) is 1. The second kappa shape index (κ2) is 7.95. The smallest absolute Gasteiger partial charge is 0.241 e. The monoisotopic (exact) mass is 415 g/mol. The van der Waals surface area contributed by atoms with Gasteiger partial charge in [0.05, 0.1) is 24.2 Å². The molecule has 0 saturated carbocycles. The first-order valence-corrected chi connectivity index (χ1v) is 11.4. The summed E-state index contributed by atoms with van der Waals surface area (Å²) in [5.74, 6) is 1.04. The van der Waals surface area contributed by atoms with Crippen molar-refractivity contribution in [3.63, 3.8) is 0 Å². The first kappa shape index (κ1) is 19.0. The molecule has 0 saturated heterocycles. The number of hydrogen-bond donors (Lipinski definition) is 1. The van der Waals surface area contributed by atoms with Crippen LogP contribution in [-0.4, -0.2) is 21.6 Å². The van der Waals surface area contributed by atoms with Crippen LogP contribution >= 0.6 is 11.3 Å². The van der Waals surface area contributed by atoms with Crippen LogP contribution in [0.15, 0.2) is 64.9 Å². The van der Waals surface area contributed by atoms with Gasteiger partial charge in [-0.1, -0.05) is 35.9 Å². The summed E-state index contributed by atoms with van der Waals surface area (Å²) in [5, 5.41) is 1.94. The van der Waals surface area contributed by atoms with Crippen molar-refractivity contribution >= 4 is 21.4 Å². The van der Waals surface area contributed by atoms with Gasteiger partial charge in [-0.15, -0.1) is 11.3 Å². The third kappa shape index (κ3) is 4.06. The van der Waals surface area contributed by atoms with Gasteiger partial charge in [0.25, 0.3) is 0 Å². The maximum Gasteiger partial charge on any atom is 0.241 e. The summed E-state index contributed by atoms with van der Waals surface area (Å²) in [6.45, 7) is 3.07. The molecule has 1 aromatic heterocycles. The maximum absolute atomic E-state index is 13.1. The van der Waals surface area contributed by atoms with Crippen molar-refractivity contribution in [1.29, 1.82) is 0 Å². The highest BCUT2D eigenvalue weighted by atomic mass is 32.2. The molecule has 1 N–H and O–H groups in total. The standard InChI is InChI=1S/C21H21NO4S2/c1-15-5-7-16(8-6-15)21(20-4-2-13-27-20)22-28(23,24)17-9-10-18-19(14-17)26-12-3-11-25-18/h2,4-10,13-14,21-22H,3,11-12H2,1H3/t21-/m0/s1. The van der Waals surface area contributed by atoms with Crippen LogP contribution in [0.25, 0.3) is 0 Å². The normalized spacial score (nSPS) is 15.0. The number of benzene rings is 2. The summed E-state index contributed by atoms with van der Waals surface area (Å²) in [4.78, 5) is 1.09. The second-order valence-corrected chi connectivity index (χ2v) is 9.33. The van der Waals surface area contributed by atoms with Crippen LogP contribution in [0, 0.1) is 6.92 Å². The summed E-state index contributed by atoms with van der Waals surface area (Å²) < 4.78 is 40.4. The molecule has 146 valence electrons. The van der Waals surface area contributed by atoms with Gasteiger partial charge < -0.3 is 9.47 Å². The molecular weight excluding hydrogens is 394 g/mol. The van der Waals surface area contributed by atoms with Gasteiger partial charge in [-0.3, -0.25) is 0 Å². The van der Waals surface area contributed by atoms with Crippen LogP contribution in [-0.2, 0) is 10.0 Å². The minimum absolute atomic E-state index is 0.158. The quantitative estimate of drug-likeness (QED) is 0.675. The predicted molar refractivity (Wildman–Crippen MR) is 110 cm³/mol. The third-order valence-corrected chi connectivity index (χ3v) is 6.90. The van der Waals surface area contributed by atoms with E-state index < -0.39 is 16.1 Å². The molecule has 5 nitrogen and oxygen atoms in total. The summed E-state index contributed by atoms with van der Waals surface area (Å²) in [7, 11) is -3.77. The first-order valence-electron chi connectivity index (χ1n) is 9.05. The van der Waals surface area contributed by atoms with E-state index in [1.165, 1.54) is 17.4 Å². The summed E-state index contributed by atoms with van der Waals surface area (Å²) in [5.41, 5.74) is 2.02. The highest BCUT2D eigenvalue weighted by molar-refractivity contribution is 7.89. The van der Waals surface area contributed by atoms with Crippen LogP contribution in [0.3, 0.4) is 0 Å². The van der Waals surface area contributed by atoms with Gasteiger partial charge in [-0.05, 0) is 36.1 Å². The second-order valence-electron chi connectivity index (χ2n) is 6.64. The molecule has 1 aliphatic rings. The van der Waals surface area contributed by atoms with E-state index in [9.17, 15) is 8.42 Å². The highest BCUT2D eigenvalue weighted by Gasteiger charge is 2.25. The van der Waals surface area contributed by atoms with E-state index in [-0.39, 0.29) is 4.90 Å². The summed E-state index contributed by atoms with van der Waals surface area (Å²) in [6, 6.07) is 16.0. The Kier molecular flexibility index (Phi) is 5.39. The lowest BCUT2D eigenvalue weighted by atomic mass is 10.0. The topological polar surface area (TPSA) is 64.6 Å². The average Bonchev–Trinajstić information content (AvgIpc) is 3.11. The molecule has 2 heterocycles. The number of thiophene rings is 1. The zero-order chi connectivity index (χ0) is 19.6. The Balaban J connectivity index is 1.68. The predicted octanol–water partition coefficient (Wildman–Crippen LogP) is 4.29. The Bertz CT molecular complexity index is 1040. The minimum Gasteiger partial charge on any atom is -0.490 e. The molecular formula is C21H21NO4S2. The van der Waals surface area contributed by atoms with Crippen molar-refractivity contribution in [3.8, 4) is 11.5 Å². The van der Waals surface area contributed by atoms with E-state index in [2.05, 4.69) is 4.72 Å². The molecule has 1 atom stereocenters. The Labute approximate surface area is 169 Å². The van der Waals surface area contributed by atoms with Gasteiger partial charge in [0.15, 0.2) is 11.5 Å². The summed E-state index contributed by atoms with van der Waals surface area (Å²) >= 11 is 1.52. The molecule has 0 spiro atoms. The largest absolute Gasteiger partial charge is 0.490 e. The minimum atomic E-state index is -3.77. The maximum atomic E-state index is 13.1. The molecule has 2 aromatic carbocycles. The molecule has 0 fully saturated rings. The van der Waals surface area contributed by atoms with Crippen molar-refractivity contribution in [2.45, 2.75) is 24.3 Å². The van der Waals surface area contributed by atoms with Crippen molar-refractivity contribution in [1.82, 2.24) is 4.72 Å². The van der Waals surface area contributed by atoms with E-state index in [4.69, 9.17) is 9.47 Å². The first-order chi connectivity index (χ1) is 13.5. The molecule has 0 bridgehead atoms. The lowest BCUT2D eigenvalue weighted by molar-refractivity contribution is 0.297. The lowest BCUT2D eigenvalue weighted by Crippen LogP contribution is -2.29. The van der Waals surface area contributed by atoms with Gasteiger partial charge in [-0.25, -0.2) is 8.42 Å². The molecule has 3 aromatic rings. The van der Waals surface area contributed by atoms with Crippen molar-refractivity contribution in [3.05, 3.63) is 76.0 Å². The van der Waals surface area contributed by atoms with Crippen molar-refractivity contribution in [2.24, 2.45) is 0 Å². The van der Waals surface area contributed by atoms with Gasteiger partial charge in [0.1, 0.15) is 0 Å². The van der Waals surface area contributed by atoms with E-state index in [0.717, 1.165) is 22.4 Å². The van der Waals surface area contributed by atoms with E-state index in [1.807, 2.05) is 48.7 Å². The molecule has 0 unspecified atom stereocenters. The van der Waals surface area contributed by atoms with Crippen LogP contribution in [0.5, 0.6) is 11.5 Å². The molecule has 0 radical (unpaired) electrons. The van der Waals surface area contributed by atoms with Crippen LogP contribution in [0.1, 0.15) is 28.5 Å². The van der Waals surface area contributed by atoms with E-state index >= 15 is 0 Å². The number of rotatable bonds is 5. The van der Waals surface area contributed by atoms with Crippen LogP contribution in [0.4, 0.5) is 0 Å². The van der Waals surface area contributed by atoms with Gasteiger partial charge in [-0.2, -0.15) is 4.72 Å². The average molecular weight is 416 g/mol. The van der Waals surface area contributed by atoms with E-state index in [0.29, 0.717) is 24.7 Å². The zero-order valence-electron chi connectivity index (χ0n) is 15.4. The number of fused-ring (bicyclic) bond motifs is 1. The Hall–Kier alpha value is -2.35. The number of hydrogen-bond acceptors (Lipinski definition) is 5. The van der Waals surface area contributed by atoms with Crippen molar-refractivity contribution < 1.29 is 17.9 Å². The molecule has 0 aliphatic carbocycles. The fourth-order valence-electron chi connectivity index (χ4n) is 3.04. The lowest BCUT2D eigenvalue weighted by Gasteiger charge is -2.19. The van der Waals surface area contributed by atoms with Gasteiger partial charge in [0, 0.05) is 17.4 Å². The fraction of sp³-hybridized carbons (Fsp3) is 0.238. The zero-order valence-corrected chi connectivity index (χ0v) is 17.1. The molecule has 28 heavy (non-hydrogen) atoms. The SMILES string of the molecule is Cc1ccc([C@H](NS(=O)(=O)c2ccc3c(c2)OCCCO3)c2cccs2)cc1. The Morgan fingerprint density at radius 3 is 2.46 bits per heavy atom. The third-order valence-electron chi connectivity index (χ3n) is 4.54. The van der Waals surface area contributed by atoms with Crippen LogP contribution < -0.4 is 14.2 Å². The van der Waals surface area contributed by atoms with E-state index in [1.54, 1.807) is 12.1 Å². The Morgan fingerprint density at radius 1 is 1.00 bits per heavy atom. The Morgan fingerprint density at radius 2 is 1.75 bits per heavy atom. The molecule has 0 amide bonds. The van der Waals surface area contributed by atoms with Crippen molar-refractivity contribution in [2.75, 3.05) is 13.2 Å². The summed E-state index contributed by atoms with van der Waals surface area (Å²) in [6.07, 6.45) is 0.767. The van der Waals surface area contributed by atoms with Gasteiger partial charge in [0.2, 0.25) is 10.0 Å². The molecule has 1 aliphatic heterocycles.